The molecule has 2 N–H and O–H groups in total. The molecule has 0 saturated heterocycles. The second kappa shape index (κ2) is 7.24. The van der Waals surface area contributed by atoms with Crippen LogP contribution in [0.3, 0.4) is 0 Å². The molecule has 0 amide bonds. The number of benzene rings is 1. The van der Waals surface area contributed by atoms with Crippen LogP contribution < -0.4 is 10.9 Å². The molecule has 31 heavy (non-hydrogen) atoms. The molecule has 10 heteroatoms. The zero-order valence-corrected chi connectivity index (χ0v) is 16.2. The fraction of sp³-hybridized carbons (Fsp3) is 0.0952. The number of imidazole rings is 1. The van der Waals surface area contributed by atoms with Crippen molar-refractivity contribution in [3.63, 3.8) is 0 Å². The van der Waals surface area contributed by atoms with Crippen molar-refractivity contribution in [1.29, 1.82) is 0 Å². The molecule has 0 unspecified atom stereocenters. The highest BCUT2D eigenvalue weighted by atomic mass is 19.1. The zero-order chi connectivity index (χ0) is 21.5. The van der Waals surface area contributed by atoms with Crippen molar-refractivity contribution in [1.82, 2.24) is 29.3 Å². The van der Waals surface area contributed by atoms with Crippen molar-refractivity contribution >= 4 is 22.6 Å². The van der Waals surface area contributed by atoms with E-state index < -0.39 is 23.2 Å². The highest BCUT2D eigenvalue weighted by Gasteiger charge is 2.21. The lowest BCUT2D eigenvalue weighted by Crippen LogP contribution is -2.23. The largest absolute Gasteiger partial charge is 0.360 e. The molecule has 4 heterocycles. The molecule has 5 aromatic rings. The van der Waals surface area contributed by atoms with Crippen LogP contribution in [0.5, 0.6) is 0 Å². The Morgan fingerprint density at radius 2 is 1.97 bits per heavy atom. The van der Waals surface area contributed by atoms with Crippen molar-refractivity contribution in [2.45, 2.75) is 13.0 Å². The first-order chi connectivity index (χ1) is 15.0. The number of hydrogen-bond donors (Lipinski definition) is 2. The fourth-order valence-corrected chi connectivity index (χ4v) is 3.51. The first-order valence-corrected chi connectivity index (χ1v) is 9.39. The Morgan fingerprint density at radius 3 is 2.81 bits per heavy atom. The van der Waals surface area contributed by atoms with Gasteiger partial charge in [0.15, 0.2) is 11.5 Å². The molecule has 0 aliphatic carbocycles. The van der Waals surface area contributed by atoms with Crippen LogP contribution in [0.2, 0.25) is 0 Å². The third-order valence-electron chi connectivity index (χ3n) is 4.91. The number of rotatable bonds is 4. The molecule has 1 aromatic carbocycles. The average Bonchev–Trinajstić information content (AvgIpc) is 3.24. The number of hydrogen-bond acceptors (Lipinski definition) is 6. The molecule has 5 rings (SSSR count). The molecular formula is C21H15F2N7O. The van der Waals surface area contributed by atoms with Gasteiger partial charge in [-0.1, -0.05) is 12.1 Å². The Hall–Kier alpha value is -4.21. The van der Waals surface area contributed by atoms with Gasteiger partial charge in [0.1, 0.15) is 29.1 Å². The van der Waals surface area contributed by atoms with Gasteiger partial charge in [0.25, 0.3) is 5.56 Å². The maximum atomic E-state index is 13.9. The number of fused-ring (bicyclic) bond motifs is 2. The van der Waals surface area contributed by atoms with Crippen LogP contribution in [0.25, 0.3) is 27.9 Å². The van der Waals surface area contributed by atoms with E-state index in [2.05, 4.69) is 30.2 Å². The van der Waals surface area contributed by atoms with Crippen LogP contribution in [0.1, 0.15) is 18.7 Å². The normalized spacial score (nSPS) is 12.4. The summed E-state index contributed by atoms with van der Waals surface area (Å²) in [6.45, 7) is 1.80. The summed E-state index contributed by atoms with van der Waals surface area (Å²) >= 11 is 0. The predicted octanol–water partition coefficient (Wildman–Crippen LogP) is 3.48. The number of aromatic amines is 1. The molecule has 0 fully saturated rings. The third kappa shape index (κ3) is 3.27. The van der Waals surface area contributed by atoms with Crippen LogP contribution in [0.4, 0.5) is 14.6 Å². The molecule has 1 atom stereocenters. The second-order valence-corrected chi connectivity index (χ2v) is 6.95. The van der Waals surface area contributed by atoms with Gasteiger partial charge in [-0.2, -0.15) is 0 Å². The van der Waals surface area contributed by atoms with E-state index in [0.29, 0.717) is 28.2 Å². The van der Waals surface area contributed by atoms with Crippen LogP contribution in [-0.2, 0) is 0 Å². The number of pyridine rings is 1. The van der Waals surface area contributed by atoms with Crippen LogP contribution in [0.15, 0.2) is 60.0 Å². The van der Waals surface area contributed by atoms with Crippen molar-refractivity contribution in [2.24, 2.45) is 0 Å². The Labute approximate surface area is 173 Å². The molecule has 0 radical (unpaired) electrons. The minimum absolute atomic E-state index is 0.164. The first kappa shape index (κ1) is 18.8. The summed E-state index contributed by atoms with van der Waals surface area (Å²) in [4.78, 5) is 33.3. The van der Waals surface area contributed by atoms with Crippen LogP contribution in [0, 0.1) is 11.6 Å². The number of nitrogens with zero attached hydrogens (tertiary/aromatic N) is 5. The summed E-state index contributed by atoms with van der Waals surface area (Å²) < 4.78 is 28.9. The van der Waals surface area contributed by atoms with Crippen molar-refractivity contribution in [3.8, 4) is 11.1 Å². The van der Waals surface area contributed by atoms with Crippen molar-refractivity contribution in [3.05, 3.63) is 82.9 Å². The van der Waals surface area contributed by atoms with Crippen molar-refractivity contribution < 1.29 is 8.78 Å². The maximum Gasteiger partial charge on any atom is 0.266 e. The number of anilines is 1. The predicted molar refractivity (Wildman–Crippen MR) is 111 cm³/mol. The van der Waals surface area contributed by atoms with Gasteiger partial charge in [-0.15, -0.1) is 0 Å². The van der Waals surface area contributed by atoms with E-state index in [-0.39, 0.29) is 11.2 Å². The topological polar surface area (TPSA) is 101 Å². The van der Waals surface area contributed by atoms with Gasteiger partial charge in [0.2, 0.25) is 0 Å². The van der Waals surface area contributed by atoms with Gasteiger partial charge < -0.3 is 10.3 Å². The standard InChI is InChI=1S/C21H15F2N7O/c1-11(28-20-18-19(25-9-24-18)26-10-27-20)17-16(12-3-2-4-13(22)7-12)21(31)30-8-14(23)5-6-15(30)29-17/h2-11H,1H3,(H2,24,25,26,27,28)/t11-/m0/s1. The molecule has 4 aromatic heterocycles. The molecule has 8 nitrogen and oxygen atoms in total. The maximum absolute atomic E-state index is 13.9. The van der Waals surface area contributed by atoms with E-state index in [9.17, 15) is 13.6 Å². The van der Waals surface area contributed by atoms with E-state index in [0.717, 1.165) is 10.6 Å². The van der Waals surface area contributed by atoms with Gasteiger partial charge in [-0.25, -0.2) is 28.7 Å². The van der Waals surface area contributed by atoms with E-state index in [1.165, 1.54) is 43.0 Å². The monoisotopic (exact) mass is 419 g/mol. The van der Waals surface area contributed by atoms with E-state index in [1.54, 1.807) is 13.0 Å². The highest BCUT2D eigenvalue weighted by Crippen LogP contribution is 2.28. The lowest BCUT2D eigenvalue weighted by molar-refractivity contribution is 0.617. The Balaban J connectivity index is 1.71. The van der Waals surface area contributed by atoms with Crippen LogP contribution in [-0.4, -0.2) is 29.3 Å². The Bertz CT molecular complexity index is 1490. The molecule has 0 bridgehead atoms. The number of aromatic nitrogens is 6. The molecule has 0 aliphatic heterocycles. The van der Waals surface area contributed by atoms with E-state index in [1.807, 2.05) is 0 Å². The van der Waals surface area contributed by atoms with E-state index in [4.69, 9.17) is 0 Å². The van der Waals surface area contributed by atoms with Gasteiger partial charge in [0, 0.05) is 6.20 Å². The highest BCUT2D eigenvalue weighted by molar-refractivity contribution is 5.82. The Kier molecular flexibility index (Phi) is 4.39. The Morgan fingerprint density at radius 1 is 1.10 bits per heavy atom. The number of H-pyrrole nitrogens is 1. The molecule has 0 spiro atoms. The molecule has 0 saturated carbocycles. The van der Waals surface area contributed by atoms with Gasteiger partial charge >= 0.3 is 0 Å². The molecule has 0 aliphatic rings. The molecular weight excluding hydrogens is 404 g/mol. The summed E-state index contributed by atoms with van der Waals surface area (Å²) in [7, 11) is 0. The first-order valence-electron chi connectivity index (χ1n) is 9.39. The fourth-order valence-electron chi connectivity index (χ4n) is 3.51. The summed E-state index contributed by atoms with van der Waals surface area (Å²) in [6.07, 6.45) is 3.94. The minimum atomic E-state index is -0.580. The van der Waals surface area contributed by atoms with Gasteiger partial charge in [-0.05, 0) is 36.8 Å². The summed E-state index contributed by atoms with van der Waals surface area (Å²) in [6, 6.07) is 7.78. The van der Waals surface area contributed by atoms with E-state index >= 15 is 0 Å². The number of halogens is 2. The minimum Gasteiger partial charge on any atom is -0.360 e. The van der Waals surface area contributed by atoms with Gasteiger partial charge in [-0.3, -0.25) is 9.20 Å². The summed E-state index contributed by atoms with van der Waals surface area (Å²) in [5.74, 6) is -0.604. The number of nitrogens with one attached hydrogen (secondary N) is 2. The zero-order valence-electron chi connectivity index (χ0n) is 16.2. The third-order valence-corrected chi connectivity index (χ3v) is 4.91. The SMILES string of the molecule is C[C@H](Nc1ncnc2nc[nH]c12)c1nc2ccc(F)cn2c(=O)c1-c1cccc(F)c1. The van der Waals surface area contributed by atoms with Gasteiger partial charge in [0.05, 0.1) is 23.6 Å². The summed E-state index contributed by atoms with van der Waals surface area (Å²) in [5.41, 5.74) is 1.72. The lowest BCUT2D eigenvalue weighted by atomic mass is 10.0. The quantitative estimate of drug-likeness (QED) is 0.463. The smallest absolute Gasteiger partial charge is 0.266 e. The second-order valence-electron chi connectivity index (χ2n) is 6.95. The molecule has 154 valence electrons. The summed E-state index contributed by atoms with van der Waals surface area (Å²) in [5, 5.41) is 3.21. The van der Waals surface area contributed by atoms with Crippen molar-refractivity contribution in [2.75, 3.05) is 5.32 Å². The average molecular weight is 419 g/mol. The lowest BCUT2D eigenvalue weighted by Gasteiger charge is -2.18. The van der Waals surface area contributed by atoms with Crippen LogP contribution >= 0.6 is 0 Å².